The zero-order valence-corrected chi connectivity index (χ0v) is 19.0. The maximum atomic E-state index is 11.1. The van der Waals surface area contributed by atoms with Crippen LogP contribution in [0.15, 0.2) is 59.6 Å². The first-order valence-electron chi connectivity index (χ1n) is 8.99. The lowest BCUT2D eigenvalue weighted by molar-refractivity contribution is -0.385. The summed E-state index contributed by atoms with van der Waals surface area (Å²) >= 11 is 1.56. The maximum Gasteiger partial charge on any atom is 0.274 e. The average molecular weight is 526 g/mol. The minimum atomic E-state index is -0.674. The fourth-order valence-electron chi connectivity index (χ4n) is 2.79. The van der Waals surface area contributed by atoms with Gasteiger partial charge in [0.25, 0.3) is 5.69 Å². The summed E-state index contributed by atoms with van der Waals surface area (Å²) in [6.07, 6.45) is -0.674. The second-order valence-corrected chi connectivity index (χ2v) is 7.28. The first kappa shape index (κ1) is 23.0. The Morgan fingerprint density at radius 1 is 1.21 bits per heavy atom. The van der Waals surface area contributed by atoms with Crippen LogP contribution in [0.25, 0.3) is 10.1 Å². The van der Waals surface area contributed by atoms with E-state index in [0.717, 1.165) is 15.0 Å². The van der Waals surface area contributed by atoms with Crippen molar-refractivity contribution >= 4 is 57.0 Å². The highest BCUT2D eigenvalue weighted by Crippen LogP contribution is 2.29. The third-order valence-corrected chi connectivity index (χ3v) is 5.39. The van der Waals surface area contributed by atoms with E-state index in [0.29, 0.717) is 18.1 Å². The van der Waals surface area contributed by atoms with Crippen molar-refractivity contribution in [1.29, 1.82) is 0 Å². The number of aliphatic hydroxyl groups excluding tert-OH is 1. The van der Waals surface area contributed by atoms with Crippen molar-refractivity contribution < 1.29 is 10.0 Å². The van der Waals surface area contributed by atoms with Crippen LogP contribution in [0, 0.1) is 10.1 Å². The van der Waals surface area contributed by atoms with Gasteiger partial charge in [0.05, 0.1) is 17.0 Å². The van der Waals surface area contributed by atoms with Crippen molar-refractivity contribution in [2.75, 3.05) is 13.1 Å². The molecule has 0 amide bonds. The Labute approximate surface area is 190 Å². The van der Waals surface area contributed by atoms with E-state index in [2.05, 4.69) is 15.6 Å². The zero-order chi connectivity index (χ0) is 19.9. The van der Waals surface area contributed by atoms with Gasteiger partial charge in [-0.25, -0.2) is 4.99 Å². The fraction of sp³-hybridized carbons (Fsp3) is 0.250. The Balaban J connectivity index is 0.00000300. The van der Waals surface area contributed by atoms with E-state index in [1.54, 1.807) is 29.5 Å². The van der Waals surface area contributed by atoms with Gasteiger partial charge in [-0.3, -0.25) is 10.1 Å². The monoisotopic (exact) mass is 526 g/mol. The number of nitrogens with zero attached hydrogens (tertiary/aromatic N) is 2. The van der Waals surface area contributed by atoms with Gasteiger partial charge in [-0.15, -0.1) is 35.3 Å². The summed E-state index contributed by atoms with van der Waals surface area (Å²) in [7, 11) is 0. The van der Waals surface area contributed by atoms with Crippen LogP contribution < -0.4 is 10.6 Å². The van der Waals surface area contributed by atoms with Gasteiger partial charge >= 0.3 is 0 Å². The molecule has 0 aliphatic carbocycles. The van der Waals surface area contributed by atoms with Crippen LogP contribution in [0.3, 0.4) is 0 Å². The van der Waals surface area contributed by atoms with Crippen LogP contribution in [0.5, 0.6) is 0 Å². The first-order chi connectivity index (χ1) is 13.6. The lowest BCUT2D eigenvalue weighted by Crippen LogP contribution is -2.39. The number of hydrogen-bond donors (Lipinski definition) is 3. The molecule has 3 aromatic rings. The minimum Gasteiger partial charge on any atom is -0.386 e. The molecule has 1 aromatic heterocycles. The Hall–Kier alpha value is -2.24. The number of para-hydroxylation sites is 1. The molecule has 154 valence electrons. The number of thiophene rings is 1. The summed E-state index contributed by atoms with van der Waals surface area (Å²) in [4.78, 5) is 16.0. The summed E-state index contributed by atoms with van der Waals surface area (Å²) in [5.41, 5.74) is 0.585. The standard InChI is InChI=1S/C20H22N4O3S.HI/c1-2-21-20(22-12-15-8-3-5-9-16(15)24(26)27)23-13-17(25)19-11-14-7-4-6-10-18(14)28-19;/h3-11,17,25H,2,12-13H2,1H3,(H2,21,22,23);1H. The van der Waals surface area contributed by atoms with Crippen molar-refractivity contribution in [3.63, 3.8) is 0 Å². The number of aliphatic hydroxyl groups is 1. The lowest BCUT2D eigenvalue weighted by atomic mass is 10.2. The molecular formula is C20H23IN4O3S. The number of nitro benzene ring substituents is 1. The van der Waals surface area contributed by atoms with Crippen LogP contribution in [0.1, 0.15) is 23.5 Å². The minimum absolute atomic E-state index is 0. The largest absolute Gasteiger partial charge is 0.386 e. The molecule has 9 heteroatoms. The molecule has 0 aliphatic rings. The predicted octanol–water partition coefficient (Wildman–Crippen LogP) is 4.22. The molecule has 3 N–H and O–H groups in total. The van der Waals surface area contributed by atoms with Gasteiger partial charge in [-0.1, -0.05) is 36.4 Å². The van der Waals surface area contributed by atoms with Gasteiger partial charge in [0.1, 0.15) is 6.10 Å². The molecule has 0 aliphatic heterocycles. The van der Waals surface area contributed by atoms with Gasteiger partial charge < -0.3 is 15.7 Å². The molecule has 1 heterocycles. The Morgan fingerprint density at radius 2 is 1.93 bits per heavy atom. The highest BCUT2D eigenvalue weighted by molar-refractivity contribution is 14.0. The average Bonchev–Trinajstić information content (AvgIpc) is 3.14. The van der Waals surface area contributed by atoms with Crippen molar-refractivity contribution in [3.8, 4) is 0 Å². The quantitative estimate of drug-likeness (QED) is 0.141. The molecule has 29 heavy (non-hydrogen) atoms. The molecule has 0 saturated carbocycles. The number of rotatable bonds is 7. The molecule has 1 unspecified atom stereocenters. The van der Waals surface area contributed by atoms with E-state index in [1.807, 2.05) is 37.3 Å². The molecule has 0 fully saturated rings. The number of nitro groups is 1. The van der Waals surface area contributed by atoms with E-state index in [4.69, 9.17) is 0 Å². The Bertz CT molecular complexity index is 960. The highest BCUT2D eigenvalue weighted by atomic mass is 127. The van der Waals surface area contributed by atoms with Gasteiger partial charge in [-0.05, 0) is 24.4 Å². The summed E-state index contributed by atoms with van der Waals surface area (Å²) in [5, 5.41) is 29.0. The summed E-state index contributed by atoms with van der Waals surface area (Å²) in [5.74, 6) is 0.501. The number of fused-ring (bicyclic) bond motifs is 1. The van der Waals surface area contributed by atoms with E-state index >= 15 is 0 Å². The number of nitrogens with one attached hydrogen (secondary N) is 2. The summed E-state index contributed by atoms with van der Waals surface area (Å²) in [6.45, 7) is 3.04. The molecule has 1 atom stereocenters. The van der Waals surface area contributed by atoms with E-state index in [9.17, 15) is 15.2 Å². The third-order valence-electron chi connectivity index (χ3n) is 4.18. The number of aliphatic imine (C=N–C) groups is 1. The van der Waals surface area contributed by atoms with Crippen LogP contribution in [-0.4, -0.2) is 29.1 Å². The third kappa shape index (κ3) is 6.12. The Morgan fingerprint density at radius 3 is 2.66 bits per heavy atom. The SMILES string of the molecule is CCNC(=NCc1ccccc1[N+](=O)[O-])NCC(O)c1cc2ccccc2s1.I. The van der Waals surface area contributed by atoms with Crippen molar-refractivity contribution in [2.45, 2.75) is 19.6 Å². The Kier molecular flexibility index (Phi) is 8.80. The molecular weight excluding hydrogens is 503 g/mol. The van der Waals surface area contributed by atoms with E-state index in [-0.39, 0.29) is 42.8 Å². The zero-order valence-electron chi connectivity index (χ0n) is 15.9. The number of hydrogen-bond acceptors (Lipinski definition) is 5. The van der Waals surface area contributed by atoms with Gasteiger partial charge in [0.2, 0.25) is 0 Å². The second-order valence-electron chi connectivity index (χ2n) is 6.16. The molecule has 7 nitrogen and oxygen atoms in total. The highest BCUT2D eigenvalue weighted by Gasteiger charge is 2.14. The smallest absolute Gasteiger partial charge is 0.274 e. The molecule has 2 aromatic carbocycles. The number of benzene rings is 2. The molecule has 0 saturated heterocycles. The van der Waals surface area contributed by atoms with Gasteiger partial charge in [-0.2, -0.15) is 0 Å². The normalized spacial score (nSPS) is 12.3. The van der Waals surface area contributed by atoms with Gasteiger partial charge in [0, 0.05) is 28.7 Å². The lowest BCUT2D eigenvalue weighted by Gasteiger charge is -2.14. The molecule has 0 spiro atoms. The fourth-order valence-corrected chi connectivity index (χ4v) is 3.84. The maximum absolute atomic E-state index is 11.1. The molecule has 0 bridgehead atoms. The van der Waals surface area contributed by atoms with Crippen LogP contribution >= 0.6 is 35.3 Å². The van der Waals surface area contributed by atoms with E-state index in [1.165, 1.54) is 6.07 Å². The predicted molar refractivity (Wildman–Crippen MR) is 128 cm³/mol. The second kappa shape index (κ2) is 11.1. The van der Waals surface area contributed by atoms with Gasteiger partial charge in [0.15, 0.2) is 5.96 Å². The summed E-state index contributed by atoms with van der Waals surface area (Å²) in [6, 6.07) is 16.5. The van der Waals surface area contributed by atoms with Crippen LogP contribution in [0.4, 0.5) is 5.69 Å². The van der Waals surface area contributed by atoms with Crippen molar-refractivity contribution in [2.24, 2.45) is 4.99 Å². The van der Waals surface area contributed by atoms with Crippen LogP contribution in [-0.2, 0) is 6.54 Å². The topological polar surface area (TPSA) is 99.8 Å². The molecule has 3 rings (SSSR count). The van der Waals surface area contributed by atoms with E-state index < -0.39 is 11.0 Å². The number of guanidine groups is 1. The molecule has 0 radical (unpaired) electrons. The number of halogens is 1. The van der Waals surface area contributed by atoms with Crippen LogP contribution in [0.2, 0.25) is 0 Å². The van der Waals surface area contributed by atoms with Crippen molar-refractivity contribution in [3.05, 3.63) is 75.2 Å². The summed E-state index contributed by atoms with van der Waals surface area (Å²) < 4.78 is 1.13. The first-order valence-corrected chi connectivity index (χ1v) is 9.81. The van der Waals surface area contributed by atoms with Crippen molar-refractivity contribution in [1.82, 2.24) is 10.6 Å².